The van der Waals surface area contributed by atoms with Crippen molar-refractivity contribution in [1.29, 1.82) is 0 Å². The molecule has 2 fully saturated rings. The standard InChI is InChI=1S/C10H19N3O2.ClH/c1-12-4-5-15-9-7-13(6-8(9)12)10(14)2-3-11;/h8-9H,2-7,11H2,1H3;1H. The molecule has 2 rings (SSSR count). The number of carbonyl (C=O) groups excluding carboxylic acids is 1. The molecule has 2 N–H and O–H groups in total. The predicted molar refractivity (Wildman–Crippen MR) is 63.7 cm³/mol. The fourth-order valence-corrected chi connectivity index (χ4v) is 2.34. The Balaban J connectivity index is 0.00000128. The molecule has 2 unspecified atom stereocenters. The number of hydrogen-bond acceptors (Lipinski definition) is 4. The lowest BCUT2D eigenvalue weighted by Crippen LogP contribution is -2.48. The van der Waals surface area contributed by atoms with Gasteiger partial charge in [-0.2, -0.15) is 0 Å². The number of amides is 1. The zero-order valence-corrected chi connectivity index (χ0v) is 10.4. The van der Waals surface area contributed by atoms with Gasteiger partial charge in [-0.25, -0.2) is 0 Å². The molecular formula is C10H20ClN3O2. The molecule has 0 aromatic heterocycles. The van der Waals surface area contributed by atoms with E-state index in [9.17, 15) is 4.79 Å². The van der Waals surface area contributed by atoms with E-state index >= 15 is 0 Å². The largest absolute Gasteiger partial charge is 0.373 e. The summed E-state index contributed by atoms with van der Waals surface area (Å²) in [5.41, 5.74) is 5.38. The van der Waals surface area contributed by atoms with Gasteiger partial charge in [-0.3, -0.25) is 9.69 Å². The Kier molecular flexibility index (Phi) is 4.98. The number of likely N-dealkylation sites (N-methyl/N-ethyl adjacent to an activating group) is 1. The van der Waals surface area contributed by atoms with Gasteiger partial charge in [0.1, 0.15) is 0 Å². The van der Waals surface area contributed by atoms with E-state index < -0.39 is 0 Å². The van der Waals surface area contributed by atoms with E-state index in [1.807, 2.05) is 4.90 Å². The number of nitrogens with zero attached hydrogens (tertiary/aromatic N) is 2. The van der Waals surface area contributed by atoms with E-state index in [0.717, 1.165) is 26.2 Å². The second-order valence-corrected chi connectivity index (χ2v) is 4.29. The number of nitrogens with two attached hydrogens (primary N) is 1. The monoisotopic (exact) mass is 249 g/mol. The van der Waals surface area contributed by atoms with Gasteiger partial charge >= 0.3 is 0 Å². The maximum atomic E-state index is 11.7. The molecule has 0 saturated carbocycles. The van der Waals surface area contributed by atoms with E-state index in [1.54, 1.807) is 0 Å². The van der Waals surface area contributed by atoms with Gasteiger partial charge in [0.25, 0.3) is 0 Å². The average Bonchev–Trinajstić information content (AvgIpc) is 2.63. The molecule has 0 aliphatic carbocycles. The molecule has 5 nitrogen and oxygen atoms in total. The van der Waals surface area contributed by atoms with E-state index in [4.69, 9.17) is 10.5 Å². The van der Waals surface area contributed by atoms with Crippen molar-refractivity contribution in [2.45, 2.75) is 18.6 Å². The Morgan fingerprint density at radius 3 is 2.88 bits per heavy atom. The lowest BCUT2D eigenvalue weighted by atomic mass is 10.1. The number of morpholine rings is 1. The van der Waals surface area contributed by atoms with Crippen LogP contribution >= 0.6 is 12.4 Å². The van der Waals surface area contributed by atoms with Gasteiger partial charge in [0.15, 0.2) is 0 Å². The first-order valence-electron chi connectivity index (χ1n) is 5.52. The third-order valence-corrected chi connectivity index (χ3v) is 3.29. The highest BCUT2D eigenvalue weighted by molar-refractivity contribution is 5.85. The Morgan fingerprint density at radius 1 is 1.50 bits per heavy atom. The zero-order valence-electron chi connectivity index (χ0n) is 9.59. The van der Waals surface area contributed by atoms with Crippen LogP contribution in [-0.2, 0) is 9.53 Å². The summed E-state index contributed by atoms with van der Waals surface area (Å²) >= 11 is 0. The first-order chi connectivity index (χ1) is 7.22. The molecule has 2 saturated heterocycles. The van der Waals surface area contributed by atoms with Crippen LogP contribution in [0.4, 0.5) is 0 Å². The van der Waals surface area contributed by atoms with Crippen molar-refractivity contribution in [3.05, 3.63) is 0 Å². The molecule has 2 aliphatic heterocycles. The van der Waals surface area contributed by atoms with E-state index in [2.05, 4.69) is 11.9 Å². The Morgan fingerprint density at radius 2 is 2.25 bits per heavy atom. The smallest absolute Gasteiger partial charge is 0.223 e. The van der Waals surface area contributed by atoms with Gasteiger partial charge < -0.3 is 15.4 Å². The Labute approximate surface area is 102 Å². The molecule has 2 aliphatic rings. The number of ether oxygens (including phenoxy) is 1. The van der Waals surface area contributed by atoms with Crippen LogP contribution in [0, 0.1) is 0 Å². The van der Waals surface area contributed by atoms with Crippen LogP contribution in [0.15, 0.2) is 0 Å². The summed E-state index contributed by atoms with van der Waals surface area (Å²) in [5.74, 6) is 0.156. The van der Waals surface area contributed by atoms with Gasteiger partial charge in [-0.15, -0.1) is 12.4 Å². The van der Waals surface area contributed by atoms with E-state index in [0.29, 0.717) is 19.0 Å². The number of hydrogen-bond donors (Lipinski definition) is 1. The number of fused-ring (bicyclic) bond motifs is 1. The fourth-order valence-electron chi connectivity index (χ4n) is 2.34. The van der Waals surface area contributed by atoms with Crippen molar-refractivity contribution >= 4 is 18.3 Å². The van der Waals surface area contributed by atoms with Crippen LogP contribution in [0.25, 0.3) is 0 Å². The first-order valence-corrected chi connectivity index (χ1v) is 5.52. The highest BCUT2D eigenvalue weighted by Gasteiger charge is 2.39. The molecular weight excluding hydrogens is 230 g/mol. The predicted octanol–water partition coefficient (Wildman–Crippen LogP) is -0.702. The zero-order chi connectivity index (χ0) is 10.8. The highest BCUT2D eigenvalue weighted by Crippen LogP contribution is 2.21. The molecule has 0 radical (unpaired) electrons. The normalized spacial score (nSPS) is 29.8. The molecule has 1 amide bonds. The van der Waals surface area contributed by atoms with Crippen LogP contribution < -0.4 is 5.73 Å². The van der Waals surface area contributed by atoms with Gasteiger partial charge in [0.2, 0.25) is 5.91 Å². The summed E-state index contributed by atoms with van der Waals surface area (Å²) in [7, 11) is 2.09. The van der Waals surface area contributed by atoms with Crippen molar-refractivity contribution in [2.24, 2.45) is 5.73 Å². The molecule has 0 spiro atoms. The summed E-state index contributed by atoms with van der Waals surface area (Å²) in [6, 6.07) is 0.375. The number of carbonyl (C=O) groups is 1. The third-order valence-electron chi connectivity index (χ3n) is 3.29. The van der Waals surface area contributed by atoms with Gasteiger partial charge in [-0.1, -0.05) is 0 Å². The number of rotatable bonds is 2. The van der Waals surface area contributed by atoms with Gasteiger partial charge in [0, 0.05) is 32.6 Å². The van der Waals surface area contributed by atoms with Crippen LogP contribution in [-0.4, -0.2) is 67.7 Å². The van der Waals surface area contributed by atoms with E-state index in [1.165, 1.54) is 0 Å². The minimum atomic E-state index is 0. The second kappa shape index (κ2) is 5.82. The summed E-state index contributed by atoms with van der Waals surface area (Å²) < 4.78 is 5.66. The molecule has 2 atom stereocenters. The van der Waals surface area contributed by atoms with Crippen LogP contribution in [0.5, 0.6) is 0 Å². The van der Waals surface area contributed by atoms with Crippen molar-refractivity contribution in [3.63, 3.8) is 0 Å². The topological polar surface area (TPSA) is 58.8 Å². The fraction of sp³-hybridized carbons (Fsp3) is 0.900. The highest BCUT2D eigenvalue weighted by atomic mass is 35.5. The molecule has 0 bridgehead atoms. The van der Waals surface area contributed by atoms with Crippen molar-refractivity contribution < 1.29 is 9.53 Å². The maximum Gasteiger partial charge on any atom is 0.223 e. The average molecular weight is 250 g/mol. The molecule has 0 aromatic rings. The van der Waals surface area contributed by atoms with E-state index in [-0.39, 0.29) is 24.4 Å². The Hall–Kier alpha value is -0.360. The first kappa shape index (κ1) is 13.7. The van der Waals surface area contributed by atoms with Crippen molar-refractivity contribution in [2.75, 3.05) is 39.8 Å². The molecule has 94 valence electrons. The molecule has 16 heavy (non-hydrogen) atoms. The summed E-state index contributed by atoms with van der Waals surface area (Å²) in [4.78, 5) is 15.8. The number of likely N-dealkylation sites (tertiary alicyclic amines) is 1. The van der Waals surface area contributed by atoms with Crippen LogP contribution in [0.2, 0.25) is 0 Å². The van der Waals surface area contributed by atoms with Crippen molar-refractivity contribution in [3.8, 4) is 0 Å². The summed E-state index contributed by atoms with van der Waals surface area (Å²) in [6.45, 7) is 3.69. The van der Waals surface area contributed by atoms with Gasteiger partial charge in [0.05, 0.1) is 18.8 Å². The Bertz CT molecular complexity index is 252. The molecule has 2 heterocycles. The van der Waals surface area contributed by atoms with Crippen LogP contribution in [0.1, 0.15) is 6.42 Å². The lowest BCUT2D eigenvalue weighted by Gasteiger charge is -2.33. The van der Waals surface area contributed by atoms with Gasteiger partial charge in [-0.05, 0) is 7.05 Å². The third kappa shape index (κ3) is 2.66. The van der Waals surface area contributed by atoms with Crippen molar-refractivity contribution in [1.82, 2.24) is 9.80 Å². The second-order valence-electron chi connectivity index (χ2n) is 4.29. The molecule has 0 aromatic carbocycles. The minimum absolute atomic E-state index is 0. The number of halogens is 1. The quantitative estimate of drug-likeness (QED) is 0.703. The SMILES string of the molecule is CN1CCOC2CN(C(=O)CCN)CC21.Cl. The maximum absolute atomic E-state index is 11.7. The summed E-state index contributed by atoms with van der Waals surface area (Å²) in [5, 5.41) is 0. The minimum Gasteiger partial charge on any atom is -0.373 e. The van der Waals surface area contributed by atoms with Crippen LogP contribution in [0.3, 0.4) is 0 Å². The molecule has 6 heteroatoms. The lowest BCUT2D eigenvalue weighted by molar-refractivity contribution is -0.130. The summed E-state index contributed by atoms with van der Waals surface area (Å²) in [6.07, 6.45) is 0.647.